The predicted molar refractivity (Wildman–Crippen MR) is 120 cm³/mol. The first-order valence-corrected chi connectivity index (χ1v) is 11.6. The van der Waals surface area contributed by atoms with E-state index in [0.29, 0.717) is 18.1 Å². The summed E-state index contributed by atoms with van der Waals surface area (Å²) in [5.41, 5.74) is 3.84. The van der Waals surface area contributed by atoms with Gasteiger partial charge in [-0.3, -0.25) is 14.6 Å². The van der Waals surface area contributed by atoms with Crippen molar-refractivity contribution in [2.45, 2.75) is 58.1 Å². The molecule has 7 nitrogen and oxygen atoms in total. The fourth-order valence-electron chi connectivity index (χ4n) is 4.48. The number of nitrogens with zero attached hydrogens (tertiary/aromatic N) is 3. The number of piperazine rings is 1. The van der Waals surface area contributed by atoms with Crippen LogP contribution in [-0.2, 0) is 19.4 Å². The molecule has 1 aliphatic heterocycles. The van der Waals surface area contributed by atoms with Gasteiger partial charge in [-0.25, -0.2) is 4.98 Å². The zero-order valence-corrected chi connectivity index (χ0v) is 18.5. The third-order valence-electron chi connectivity index (χ3n) is 6.32. The lowest BCUT2D eigenvalue weighted by Crippen LogP contribution is -2.48. The fourth-order valence-corrected chi connectivity index (χ4v) is 4.48. The van der Waals surface area contributed by atoms with Crippen LogP contribution in [0.25, 0.3) is 0 Å². The predicted octanol–water partition coefficient (Wildman–Crippen LogP) is 3.08. The molecule has 2 aromatic rings. The summed E-state index contributed by atoms with van der Waals surface area (Å²) in [6, 6.07) is 6.14. The molecule has 0 radical (unpaired) electrons. The molecule has 168 valence electrons. The van der Waals surface area contributed by atoms with E-state index in [2.05, 4.69) is 39.2 Å². The molecule has 31 heavy (non-hydrogen) atoms. The normalized spacial score (nSPS) is 18.1. The number of β-amino-alcohol motifs (C(OH)–C–C–N with tert-alkyl or cyclic N) is 1. The second-order valence-electron chi connectivity index (χ2n) is 8.79. The Morgan fingerprint density at radius 2 is 1.97 bits per heavy atom. The number of nitrogens with one attached hydrogen (secondary N) is 1. The number of oxazole rings is 1. The van der Waals surface area contributed by atoms with Gasteiger partial charge in [-0.1, -0.05) is 25.8 Å². The van der Waals surface area contributed by atoms with Crippen molar-refractivity contribution in [3.8, 4) is 0 Å². The van der Waals surface area contributed by atoms with Gasteiger partial charge in [0.15, 0.2) is 5.69 Å². The standard InChI is InChI=1S/C24H34N4O3/c1-2-3-7-21(29)15-27-10-12-28(13-11-27)16-23-26-22(17-31-23)24(30)25-20-9-8-18-5-4-6-19(18)14-20/h8-9,14,17,21,29H,2-7,10-13,15-16H2,1H3,(H,25,30). The number of hydrogen-bond donors (Lipinski definition) is 2. The Kier molecular flexibility index (Phi) is 7.37. The van der Waals surface area contributed by atoms with E-state index in [1.807, 2.05) is 6.07 Å². The van der Waals surface area contributed by atoms with Crippen LogP contribution >= 0.6 is 0 Å². The van der Waals surface area contributed by atoms with Gasteiger partial charge in [0.05, 0.1) is 12.6 Å². The maximum Gasteiger partial charge on any atom is 0.277 e. The van der Waals surface area contributed by atoms with Crippen molar-refractivity contribution < 1.29 is 14.3 Å². The van der Waals surface area contributed by atoms with Crippen molar-refractivity contribution in [1.82, 2.24) is 14.8 Å². The second-order valence-corrected chi connectivity index (χ2v) is 8.79. The third kappa shape index (κ3) is 5.93. The number of amides is 1. The van der Waals surface area contributed by atoms with Crippen molar-refractivity contribution in [2.75, 3.05) is 38.0 Å². The molecular weight excluding hydrogens is 392 g/mol. The van der Waals surface area contributed by atoms with E-state index >= 15 is 0 Å². The van der Waals surface area contributed by atoms with E-state index in [4.69, 9.17) is 4.42 Å². The molecule has 1 amide bonds. The highest BCUT2D eigenvalue weighted by Crippen LogP contribution is 2.25. The summed E-state index contributed by atoms with van der Waals surface area (Å²) >= 11 is 0. The van der Waals surface area contributed by atoms with Crippen molar-refractivity contribution in [2.24, 2.45) is 0 Å². The Labute approximate surface area is 184 Å². The van der Waals surface area contributed by atoms with Crippen molar-refractivity contribution >= 4 is 11.6 Å². The smallest absolute Gasteiger partial charge is 0.277 e. The Morgan fingerprint density at radius 3 is 2.77 bits per heavy atom. The van der Waals surface area contributed by atoms with Gasteiger partial charge in [0, 0.05) is 38.4 Å². The molecule has 2 aliphatic rings. The van der Waals surface area contributed by atoms with E-state index in [9.17, 15) is 9.90 Å². The van der Waals surface area contributed by atoms with Crippen LogP contribution in [0.2, 0.25) is 0 Å². The van der Waals surface area contributed by atoms with Gasteiger partial charge in [-0.15, -0.1) is 0 Å². The molecule has 1 atom stereocenters. The number of aryl methyl sites for hydroxylation is 2. The van der Waals surface area contributed by atoms with Crippen molar-refractivity contribution in [1.29, 1.82) is 0 Å². The molecule has 0 spiro atoms. The van der Waals surface area contributed by atoms with Gasteiger partial charge in [0.25, 0.3) is 5.91 Å². The summed E-state index contributed by atoms with van der Waals surface area (Å²) in [4.78, 5) is 21.6. The first-order valence-electron chi connectivity index (χ1n) is 11.6. The quantitative estimate of drug-likeness (QED) is 0.641. The molecule has 1 aliphatic carbocycles. The number of anilines is 1. The molecule has 1 fully saturated rings. The summed E-state index contributed by atoms with van der Waals surface area (Å²) in [6.07, 6.45) is 7.68. The zero-order valence-electron chi connectivity index (χ0n) is 18.5. The molecular formula is C24H34N4O3. The molecule has 1 aromatic carbocycles. The summed E-state index contributed by atoms with van der Waals surface area (Å²) < 4.78 is 5.57. The van der Waals surface area contributed by atoms with Crippen LogP contribution in [-0.4, -0.2) is 64.6 Å². The monoisotopic (exact) mass is 426 g/mol. The fraction of sp³-hybridized carbons (Fsp3) is 0.583. The van der Waals surface area contributed by atoms with E-state index in [1.165, 1.54) is 23.8 Å². The van der Waals surface area contributed by atoms with Crippen LogP contribution in [0.5, 0.6) is 0 Å². The first-order chi connectivity index (χ1) is 15.1. The number of aliphatic hydroxyl groups excluding tert-OH is 1. The molecule has 1 unspecified atom stereocenters. The number of benzene rings is 1. The largest absolute Gasteiger partial charge is 0.447 e. The van der Waals surface area contributed by atoms with Crippen LogP contribution in [0, 0.1) is 0 Å². The van der Waals surface area contributed by atoms with E-state index in [0.717, 1.165) is 70.5 Å². The second kappa shape index (κ2) is 10.4. The summed E-state index contributed by atoms with van der Waals surface area (Å²) in [6.45, 7) is 7.15. The molecule has 2 N–H and O–H groups in total. The Bertz CT molecular complexity index is 873. The lowest BCUT2D eigenvalue weighted by atomic mass is 10.1. The van der Waals surface area contributed by atoms with Gasteiger partial charge in [-0.05, 0) is 48.9 Å². The minimum Gasteiger partial charge on any atom is -0.447 e. The van der Waals surface area contributed by atoms with Crippen molar-refractivity contribution in [3.05, 3.63) is 47.2 Å². The molecule has 0 saturated carbocycles. The maximum absolute atomic E-state index is 12.6. The minimum atomic E-state index is -0.237. The van der Waals surface area contributed by atoms with Gasteiger partial charge in [-0.2, -0.15) is 0 Å². The van der Waals surface area contributed by atoms with Crippen LogP contribution in [0.3, 0.4) is 0 Å². The number of rotatable bonds is 9. The average Bonchev–Trinajstić information content (AvgIpc) is 3.43. The summed E-state index contributed by atoms with van der Waals surface area (Å²) in [5, 5.41) is 13.1. The highest BCUT2D eigenvalue weighted by molar-refractivity contribution is 6.02. The highest BCUT2D eigenvalue weighted by Gasteiger charge is 2.21. The zero-order chi connectivity index (χ0) is 21.6. The van der Waals surface area contributed by atoms with Gasteiger partial charge < -0.3 is 14.8 Å². The number of fused-ring (bicyclic) bond motifs is 1. The highest BCUT2D eigenvalue weighted by atomic mass is 16.3. The van der Waals surface area contributed by atoms with E-state index in [-0.39, 0.29) is 12.0 Å². The molecule has 4 rings (SSSR count). The molecule has 7 heteroatoms. The molecule has 0 bridgehead atoms. The topological polar surface area (TPSA) is 81.8 Å². The average molecular weight is 427 g/mol. The van der Waals surface area contributed by atoms with E-state index in [1.54, 1.807) is 0 Å². The van der Waals surface area contributed by atoms with Gasteiger partial charge in [0.1, 0.15) is 6.26 Å². The number of aliphatic hydroxyl groups is 1. The van der Waals surface area contributed by atoms with E-state index < -0.39 is 0 Å². The molecule has 1 aromatic heterocycles. The van der Waals surface area contributed by atoms with Crippen molar-refractivity contribution in [3.63, 3.8) is 0 Å². The number of carbonyl (C=O) groups excluding carboxylic acids is 1. The lowest BCUT2D eigenvalue weighted by Gasteiger charge is -2.35. The first kappa shape index (κ1) is 22.0. The van der Waals surface area contributed by atoms with Crippen LogP contribution in [0.15, 0.2) is 28.9 Å². The number of hydrogen-bond acceptors (Lipinski definition) is 6. The Hall–Kier alpha value is -2.22. The number of aromatic nitrogens is 1. The van der Waals surface area contributed by atoms with Crippen LogP contribution in [0.4, 0.5) is 5.69 Å². The van der Waals surface area contributed by atoms with Crippen LogP contribution in [0.1, 0.15) is 60.1 Å². The Balaban J connectivity index is 1.23. The maximum atomic E-state index is 12.6. The third-order valence-corrected chi connectivity index (χ3v) is 6.32. The molecule has 1 saturated heterocycles. The minimum absolute atomic E-state index is 0.231. The Morgan fingerprint density at radius 1 is 1.19 bits per heavy atom. The SMILES string of the molecule is CCCCC(O)CN1CCN(Cc2nc(C(=O)Nc3ccc4c(c3)CCC4)co2)CC1. The van der Waals surface area contributed by atoms with Gasteiger partial charge in [0.2, 0.25) is 5.89 Å². The lowest BCUT2D eigenvalue weighted by molar-refractivity contribution is 0.0627. The van der Waals surface area contributed by atoms with Crippen LogP contribution < -0.4 is 5.32 Å². The molecule has 2 heterocycles. The summed E-state index contributed by atoms with van der Waals surface area (Å²) in [5.74, 6) is 0.328. The summed E-state index contributed by atoms with van der Waals surface area (Å²) in [7, 11) is 0. The number of carbonyl (C=O) groups is 1. The number of unbranched alkanes of at least 4 members (excludes halogenated alkanes) is 1. The van der Waals surface area contributed by atoms with Gasteiger partial charge >= 0.3 is 0 Å².